The van der Waals surface area contributed by atoms with E-state index >= 15 is 0 Å². The van der Waals surface area contributed by atoms with Crippen molar-refractivity contribution in [3.05, 3.63) is 0 Å². The Kier molecular flexibility index (Phi) is 6.12. The Morgan fingerprint density at radius 1 is 1.35 bits per heavy atom. The molecule has 8 heteroatoms. The lowest BCUT2D eigenvalue weighted by Gasteiger charge is -2.29. The number of carboxylic acids is 1. The third kappa shape index (κ3) is 4.03. The number of carbonyl (C=O) groups excluding carboxylic acids is 2. The molecule has 0 aromatic heterocycles. The zero-order valence-corrected chi connectivity index (χ0v) is 12.7. The van der Waals surface area contributed by atoms with Crippen LogP contribution in [0.3, 0.4) is 0 Å². The highest BCUT2D eigenvalue weighted by Gasteiger charge is 2.42. The highest BCUT2D eigenvalue weighted by atomic mass is 32.2. The predicted molar refractivity (Wildman–Crippen MR) is 76.4 cm³/mol. The van der Waals surface area contributed by atoms with Gasteiger partial charge in [0.2, 0.25) is 5.91 Å². The Morgan fingerprint density at radius 3 is 2.50 bits per heavy atom. The van der Waals surface area contributed by atoms with Gasteiger partial charge >= 0.3 is 12.0 Å². The van der Waals surface area contributed by atoms with Crippen LogP contribution in [0.1, 0.15) is 20.8 Å². The summed E-state index contributed by atoms with van der Waals surface area (Å²) in [5.41, 5.74) is 0. The van der Waals surface area contributed by atoms with Crippen molar-refractivity contribution in [2.75, 3.05) is 18.8 Å². The maximum absolute atomic E-state index is 12.1. The molecule has 1 aliphatic rings. The number of thioether (sulfide) groups is 1. The predicted octanol–water partition coefficient (Wildman–Crippen LogP) is 0.316. The van der Waals surface area contributed by atoms with Crippen molar-refractivity contribution in [2.45, 2.75) is 32.2 Å². The summed E-state index contributed by atoms with van der Waals surface area (Å²) in [6.07, 6.45) is 0. The first kappa shape index (κ1) is 16.6. The van der Waals surface area contributed by atoms with Crippen molar-refractivity contribution in [2.24, 2.45) is 5.92 Å². The Labute approximate surface area is 122 Å². The third-order valence-electron chi connectivity index (χ3n) is 2.90. The van der Waals surface area contributed by atoms with Crippen LogP contribution in [0.2, 0.25) is 0 Å². The molecular weight excluding hydrogens is 282 g/mol. The molecule has 7 nitrogen and oxygen atoms in total. The molecule has 114 valence electrons. The average Bonchev–Trinajstić information content (AvgIpc) is 2.81. The summed E-state index contributed by atoms with van der Waals surface area (Å²) >= 11 is 1.45. The van der Waals surface area contributed by atoms with Gasteiger partial charge in [0.05, 0.1) is 11.9 Å². The summed E-state index contributed by atoms with van der Waals surface area (Å²) in [5, 5.41) is 14.0. The molecule has 0 radical (unpaired) electrons. The summed E-state index contributed by atoms with van der Waals surface area (Å²) in [6.45, 7) is 6.00. The SMILES string of the molecule is CCNC(=O)CNC(=O)N1C(C(=O)O)CSC1C(C)C. The molecular formula is C12H21N3O4S. The Balaban J connectivity index is 2.69. The van der Waals surface area contributed by atoms with Crippen LogP contribution in [0.25, 0.3) is 0 Å². The van der Waals surface area contributed by atoms with Gasteiger partial charge in [0.15, 0.2) is 0 Å². The summed E-state index contributed by atoms with van der Waals surface area (Å²) in [6, 6.07) is -1.35. The fourth-order valence-electron chi connectivity index (χ4n) is 2.00. The number of hydrogen-bond acceptors (Lipinski definition) is 4. The number of amides is 3. The largest absolute Gasteiger partial charge is 0.480 e. The monoisotopic (exact) mass is 303 g/mol. The number of urea groups is 1. The summed E-state index contributed by atoms with van der Waals surface area (Å²) in [5.74, 6) is -0.804. The van der Waals surface area contributed by atoms with E-state index in [-0.39, 0.29) is 23.7 Å². The number of hydrogen-bond donors (Lipinski definition) is 3. The summed E-state index contributed by atoms with van der Waals surface area (Å²) < 4.78 is 0. The lowest BCUT2D eigenvalue weighted by atomic mass is 10.2. The van der Waals surface area contributed by atoms with Gasteiger partial charge in [-0.05, 0) is 12.8 Å². The van der Waals surface area contributed by atoms with Gasteiger partial charge < -0.3 is 15.7 Å². The second kappa shape index (κ2) is 7.37. The molecule has 1 saturated heterocycles. The fraction of sp³-hybridized carbons (Fsp3) is 0.750. The fourth-order valence-corrected chi connectivity index (χ4v) is 3.47. The highest BCUT2D eigenvalue weighted by molar-refractivity contribution is 8.00. The van der Waals surface area contributed by atoms with Gasteiger partial charge in [0.25, 0.3) is 0 Å². The summed E-state index contributed by atoms with van der Waals surface area (Å²) in [7, 11) is 0. The summed E-state index contributed by atoms with van der Waals surface area (Å²) in [4.78, 5) is 36.0. The van der Waals surface area contributed by atoms with E-state index in [9.17, 15) is 19.5 Å². The molecule has 0 spiro atoms. The van der Waals surface area contributed by atoms with Crippen LogP contribution in [0.4, 0.5) is 4.79 Å². The quantitative estimate of drug-likeness (QED) is 0.679. The van der Waals surface area contributed by atoms with E-state index in [0.29, 0.717) is 12.3 Å². The van der Waals surface area contributed by atoms with Gasteiger partial charge in [-0.3, -0.25) is 9.69 Å². The topological polar surface area (TPSA) is 98.7 Å². The van der Waals surface area contributed by atoms with Crippen LogP contribution >= 0.6 is 11.8 Å². The molecule has 0 aromatic carbocycles. The third-order valence-corrected chi connectivity index (χ3v) is 4.52. The van der Waals surface area contributed by atoms with Crippen molar-refractivity contribution in [3.8, 4) is 0 Å². The highest BCUT2D eigenvalue weighted by Crippen LogP contribution is 2.33. The smallest absolute Gasteiger partial charge is 0.327 e. The standard InChI is InChI=1S/C12H21N3O4S/c1-4-13-9(16)5-14-12(19)15-8(11(17)18)6-20-10(15)7(2)3/h7-8,10H,4-6H2,1-3H3,(H,13,16)(H,14,19)(H,17,18). The van der Waals surface area contributed by atoms with Gasteiger partial charge in [0.1, 0.15) is 6.04 Å². The molecule has 2 unspecified atom stereocenters. The van der Waals surface area contributed by atoms with Crippen molar-refractivity contribution in [3.63, 3.8) is 0 Å². The van der Waals surface area contributed by atoms with Gasteiger partial charge in [-0.25, -0.2) is 9.59 Å². The minimum atomic E-state index is -1.02. The second-order valence-corrected chi connectivity index (χ2v) is 5.99. The zero-order chi connectivity index (χ0) is 15.3. The van der Waals surface area contributed by atoms with E-state index in [4.69, 9.17) is 0 Å². The molecule has 1 aliphatic heterocycles. The Morgan fingerprint density at radius 2 is 2.00 bits per heavy atom. The van der Waals surface area contributed by atoms with Crippen LogP contribution in [0.15, 0.2) is 0 Å². The normalized spacial score (nSPS) is 21.9. The number of carboxylic acid groups (broad SMARTS) is 1. The van der Waals surface area contributed by atoms with Crippen LogP contribution in [-0.2, 0) is 9.59 Å². The van der Waals surface area contributed by atoms with Gasteiger partial charge in [-0.15, -0.1) is 11.8 Å². The lowest BCUT2D eigenvalue weighted by Crippen LogP contribution is -2.52. The lowest BCUT2D eigenvalue weighted by molar-refractivity contribution is -0.141. The molecule has 0 aromatic rings. The van der Waals surface area contributed by atoms with E-state index in [2.05, 4.69) is 10.6 Å². The van der Waals surface area contributed by atoms with Gasteiger partial charge in [-0.2, -0.15) is 0 Å². The van der Waals surface area contributed by atoms with E-state index in [1.54, 1.807) is 6.92 Å². The maximum Gasteiger partial charge on any atom is 0.327 e. The van der Waals surface area contributed by atoms with E-state index in [1.807, 2.05) is 13.8 Å². The van der Waals surface area contributed by atoms with Crippen LogP contribution in [0, 0.1) is 5.92 Å². The van der Waals surface area contributed by atoms with Crippen LogP contribution in [-0.4, -0.2) is 58.2 Å². The van der Waals surface area contributed by atoms with E-state index in [1.165, 1.54) is 16.7 Å². The van der Waals surface area contributed by atoms with Crippen molar-refractivity contribution in [1.29, 1.82) is 0 Å². The van der Waals surface area contributed by atoms with Gasteiger partial charge in [-0.1, -0.05) is 13.8 Å². The number of rotatable bonds is 5. The molecule has 0 aliphatic carbocycles. The number of nitrogens with zero attached hydrogens (tertiary/aromatic N) is 1. The van der Waals surface area contributed by atoms with Crippen LogP contribution in [0.5, 0.6) is 0 Å². The first-order valence-corrected chi connectivity index (χ1v) is 7.60. The maximum atomic E-state index is 12.1. The Hall–Kier alpha value is -1.44. The molecule has 1 rings (SSSR count). The first-order valence-electron chi connectivity index (χ1n) is 6.55. The molecule has 20 heavy (non-hydrogen) atoms. The first-order chi connectivity index (χ1) is 9.38. The average molecular weight is 303 g/mol. The van der Waals surface area contributed by atoms with Crippen molar-refractivity contribution >= 4 is 29.7 Å². The zero-order valence-electron chi connectivity index (χ0n) is 11.9. The molecule has 1 heterocycles. The second-order valence-electron chi connectivity index (χ2n) is 4.84. The molecule has 0 saturated carbocycles. The van der Waals surface area contributed by atoms with Crippen LogP contribution < -0.4 is 10.6 Å². The van der Waals surface area contributed by atoms with E-state index in [0.717, 1.165) is 0 Å². The molecule has 1 fully saturated rings. The molecule has 3 N–H and O–H groups in total. The number of likely N-dealkylation sites (N-methyl/N-ethyl adjacent to an activating group) is 1. The Bertz CT molecular complexity index is 389. The minimum Gasteiger partial charge on any atom is -0.480 e. The van der Waals surface area contributed by atoms with Crippen molar-refractivity contribution < 1.29 is 19.5 Å². The number of aliphatic carboxylic acids is 1. The minimum absolute atomic E-state index is 0.138. The number of nitrogens with one attached hydrogen (secondary N) is 2. The van der Waals surface area contributed by atoms with E-state index < -0.39 is 18.0 Å². The van der Waals surface area contributed by atoms with Crippen molar-refractivity contribution in [1.82, 2.24) is 15.5 Å². The molecule has 0 bridgehead atoms. The molecule has 3 amide bonds. The molecule has 2 atom stereocenters. The number of carbonyl (C=O) groups is 3. The van der Waals surface area contributed by atoms with Gasteiger partial charge in [0, 0.05) is 12.3 Å².